The molecule has 0 saturated carbocycles. The molecular weight excluding hydrogens is 330 g/mol. The van der Waals surface area contributed by atoms with Crippen molar-refractivity contribution in [2.75, 3.05) is 44.8 Å². The Bertz CT molecular complexity index is 764. The third kappa shape index (κ3) is 3.51. The lowest BCUT2D eigenvalue weighted by Gasteiger charge is -2.27. The fourth-order valence-corrected chi connectivity index (χ4v) is 3.47. The summed E-state index contributed by atoms with van der Waals surface area (Å²) in [5.41, 5.74) is 2.70. The molecule has 0 bridgehead atoms. The van der Waals surface area contributed by atoms with Gasteiger partial charge in [0.25, 0.3) is 5.91 Å². The zero-order chi connectivity index (χ0) is 17.9. The van der Waals surface area contributed by atoms with E-state index >= 15 is 0 Å². The number of hydrogen-bond acceptors (Lipinski definition) is 5. The molecule has 3 heterocycles. The van der Waals surface area contributed by atoms with E-state index < -0.39 is 0 Å². The summed E-state index contributed by atoms with van der Waals surface area (Å²) in [4.78, 5) is 20.8. The average Bonchev–Trinajstić information content (AvgIpc) is 3.10. The van der Waals surface area contributed by atoms with Gasteiger partial charge in [0.1, 0.15) is 17.5 Å². The number of ether oxygens (including phenoxy) is 2. The topological polar surface area (TPSA) is 54.9 Å². The summed E-state index contributed by atoms with van der Waals surface area (Å²) in [6.07, 6.45) is 2.72. The lowest BCUT2D eigenvalue weighted by molar-refractivity contribution is 0.0299. The van der Waals surface area contributed by atoms with E-state index in [4.69, 9.17) is 9.47 Å². The van der Waals surface area contributed by atoms with Gasteiger partial charge in [-0.05, 0) is 23.8 Å². The number of fused-ring (bicyclic) bond motifs is 1. The molecule has 6 heteroatoms. The summed E-state index contributed by atoms with van der Waals surface area (Å²) >= 11 is 0. The van der Waals surface area contributed by atoms with Crippen LogP contribution in [0.15, 0.2) is 42.6 Å². The van der Waals surface area contributed by atoms with Crippen molar-refractivity contribution in [3.8, 4) is 5.75 Å². The summed E-state index contributed by atoms with van der Waals surface area (Å²) in [6.45, 7) is 3.17. The van der Waals surface area contributed by atoms with Crippen LogP contribution in [0, 0.1) is 0 Å². The number of likely N-dealkylation sites (N-methyl/N-ethyl adjacent to an activating group) is 1. The van der Waals surface area contributed by atoms with Crippen LogP contribution in [-0.2, 0) is 11.2 Å². The SMILES string of the molecule is CN(CC1Cc2ccccc2O1)c1ccnc(C(=O)N2CCOCC2)c1. The van der Waals surface area contributed by atoms with E-state index in [-0.39, 0.29) is 12.0 Å². The molecule has 1 fully saturated rings. The highest BCUT2D eigenvalue weighted by Gasteiger charge is 2.24. The number of aromatic nitrogens is 1. The third-order valence-corrected chi connectivity index (χ3v) is 4.89. The zero-order valence-electron chi connectivity index (χ0n) is 14.9. The Kier molecular flexibility index (Phi) is 4.75. The maximum absolute atomic E-state index is 12.6. The minimum Gasteiger partial charge on any atom is -0.488 e. The van der Waals surface area contributed by atoms with Gasteiger partial charge in [-0.3, -0.25) is 9.78 Å². The van der Waals surface area contributed by atoms with Gasteiger partial charge in [0, 0.05) is 38.4 Å². The largest absolute Gasteiger partial charge is 0.488 e. The second-order valence-corrected chi connectivity index (χ2v) is 6.74. The summed E-state index contributed by atoms with van der Waals surface area (Å²) < 4.78 is 11.3. The molecule has 2 aliphatic heterocycles. The van der Waals surface area contributed by atoms with Crippen LogP contribution in [0.4, 0.5) is 5.69 Å². The molecule has 0 radical (unpaired) electrons. The summed E-state index contributed by atoms with van der Waals surface area (Å²) in [5.74, 6) is 0.942. The molecular formula is C20H23N3O3. The van der Waals surface area contributed by atoms with Gasteiger partial charge in [-0.2, -0.15) is 0 Å². The Morgan fingerprint density at radius 1 is 1.27 bits per heavy atom. The van der Waals surface area contributed by atoms with E-state index in [1.165, 1.54) is 5.56 Å². The Morgan fingerprint density at radius 2 is 2.08 bits per heavy atom. The monoisotopic (exact) mass is 353 g/mol. The van der Waals surface area contributed by atoms with Crippen molar-refractivity contribution in [1.29, 1.82) is 0 Å². The van der Waals surface area contributed by atoms with Gasteiger partial charge in [-0.25, -0.2) is 0 Å². The molecule has 4 rings (SSSR count). The first-order valence-electron chi connectivity index (χ1n) is 8.99. The molecule has 2 aromatic rings. The van der Waals surface area contributed by atoms with E-state index in [0.717, 1.165) is 24.4 Å². The molecule has 1 atom stereocenters. The average molecular weight is 353 g/mol. The van der Waals surface area contributed by atoms with Crippen LogP contribution < -0.4 is 9.64 Å². The van der Waals surface area contributed by atoms with Gasteiger partial charge < -0.3 is 19.3 Å². The number of pyridine rings is 1. The molecule has 136 valence electrons. The van der Waals surface area contributed by atoms with Crippen LogP contribution in [0.3, 0.4) is 0 Å². The van der Waals surface area contributed by atoms with Gasteiger partial charge in [-0.15, -0.1) is 0 Å². The maximum atomic E-state index is 12.6. The second kappa shape index (κ2) is 7.33. The van der Waals surface area contributed by atoms with Crippen molar-refractivity contribution in [1.82, 2.24) is 9.88 Å². The van der Waals surface area contributed by atoms with Gasteiger partial charge in [0.2, 0.25) is 0 Å². The second-order valence-electron chi connectivity index (χ2n) is 6.74. The lowest BCUT2D eigenvalue weighted by Crippen LogP contribution is -2.41. The third-order valence-electron chi connectivity index (χ3n) is 4.89. The number of benzene rings is 1. The number of amides is 1. The minimum absolute atomic E-state index is 0.0342. The molecule has 1 saturated heterocycles. The smallest absolute Gasteiger partial charge is 0.272 e. The quantitative estimate of drug-likeness (QED) is 0.841. The number of para-hydroxylation sites is 1. The molecule has 1 amide bonds. The highest BCUT2D eigenvalue weighted by molar-refractivity contribution is 5.93. The lowest BCUT2D eigenvalue weighted by atomic mass is 10.1. The Morgan fingerprint density at radius 3 is 2.88 bits per heavy atom. The van der Waals surface area contributed by atoms with Crippen LogP contribution in [-0.4, -0.2) is 61.8 Å². The van der Waals surface area contributed by atoms with E-state index in [0.29, 0.717) is 32.0 Å². The standard InChI is InChI=1S/C20H23N3O3/c1-22(14-17-12-15-4-2-3-5-19(15)26-17)16-6-7-21-18(13-16)20(24)23-8-10-25-11-9-23/h2-7,13,17H,8-12,14H2,1H3. The van der Waals surface area contributed by atoms with Crippen LogP contribution in [0.5, 0.6) is 5.75 Å². The number of carbonyl (C=O) groups is 1. The number of nitrogens with zero attached hydrogens (tertiary/aromatic N) is 3. The van der Waals surface area contributed by atoms with Crippen LogP contribution in [0.1, 0.15) is 16.1 Å². The number of carbonyl (C=O) groups excluding carboxylic acids is 1. The fourth-order valence-electron chi connectivity index (χ4n) is 3.47. The number of morpholine rings is 1. The molecule has 26 heavy (non-hydrogen) atoms. The van der Waals surface area contributed by atoms with Gasteiger partial charge in [0.15, 0.2) is 0 Å². The molecule has 0 aliphatic carbocycles. The predicted octanol–water partition coefficient (Wildman–Crippen LogP) is 1.99. The summed E-state index contributed by atoms with van der Waals surface area (Å²) in [7, 11) is 2.02. The highest BCUT2D eigenvalue weighted by atomic mass is 16.5. The first-order valence-corrected chi connectivity index (χ1v) is 8.99. The first-order chi connectivity index (χ1) is 12.7. The normalized spacial score (nSPS) is 19.0. The molecule has 1 aromatic carbocycles. The highest BCUT2D eigenvalue weighted by Crippen LogP contribution is 2.29. The number of hydrogen-bond donors (Lipinski definition) is 0. The Labute approximate surface area is 153 Å². The fraction of sp³-hybridized carbons (Fsp3) is 0.400. The molecule has 2 aliphatic rings. The van der Waals surface area contributed by atoms with Gasteiger partial charge in [0.05, 0.1) is 19.8 Å². The Hall–Kier alpha value is -2.60. The van der Waals surface area contributed by atoms with E-state index in [1.807, 2.05) is 37.4 Å². The maximum Gasteiger partial charge on any atom is 0.272 e. The summed E-state index contributed by atoms with van der Waals surface area (Å²) in [5, 5.41) is 0. The predicted molar refractivity (Wildman–Crippen MR) is 98.8 cm³/mol. The van der Waals surface area contributed by atoms with Crippen molar-refractivity contribution in [2.24, 2.45) is 0 Å². The van der Waals surface area contributed by atoms with Crippen LogP contribution in [0.25, 0.3) is 0 Å². The minimum atomic E-state index is -0.0342. The van der Waals surface area contributed by atoms with E-state index in [9.17, 15) is 4.79 Å². The molecule has 1 aromatic heterocycles. The van der Waals surface area contributed by atoms with Crippen LogP contribution in [0.2, 0.25) is 0 Å². The van der Waals surface area contributed by atoms with E-state index in [1.54, 1.807) is 11.1 Å². The van der Waals surface area contributed by atoms with E-state index in [2.05, 4.69) is 16.0 Å². The number of rotatable bonds is 4. The van der Waals surface area contributed by atoms with Crippen molar-refractivity contribution in [3.63, 3.8) is 0 Å². The Balaban J connectivity index is 1.42. The van der Waals surface area contributed by atoms with Gasteiger partial charge >= 0.3 is 0 Å². The zero-order valence-corrected chi connectivity index (χ0v) is 14.9. The molecule has 6 nitrogen and oxygen atoms in total. The van der Waals surface area contributed by atoms with Crippen molar-refractivity contribution in [3.05, 3.63) is 53.9 Å². The van der Waals surface area contributed by atoms with Gasteiger partial charge in [-0.1, -0.05) is 18.2 Å². The molecule has 0 N–H and O–H groups in total. The van der Waals surface area contributed by atoms with Crippen molar-refractivity contribution in [2.45, 2.75) is 12.5 Å². The molecule has 0 spiro atoms. The van der Waals surface area contributed by atoms with Crippen molar-refractivity contribution < 1.29 is 14.3 Å². The van der Waals surface area contributed by atoms with Crippen molar-refractivity contribution >= 4 is 11.6 Å². The summed E-state index contributed by atoms with van der Waals surface area (Å²) in [6, 6.07) is 12.0. The first kappa shape index (κ1) is 16.8. The molecule has 1 unspecified atom stereocenters. The van der Waals surface area contributed by atoms with Crippen LogP contribution >= 0.6 is 0 Å². The number of anilines is 1.